The van der Waals surface area contributed by atoms with E-state index in [-0.39, 0.29) is 6.42 Å². The summed E-state index contributed by atoms with van der Waals surface area (Å²) >= 11 is 0. The molecule has 3 amide bonds. The van der Waals surface area contributed by atoms with Gasteiger partial charge in [-0.3, -0.25) is 14.5 Å². The fourth-order valence-corrected chi connectivity index (χ4v) is 4.94. The van der Waals surface area contributed by atoms with Gasteiger partial charge in [0.25, 0.3) is 11.8 Å². The van der Waals surface area contributed by atoms with Crippen LogP contribution >= 0.6 is 0 Å². The van der Waals surface area contributed by atoms with Crippen LogP contribution in [0.2, 0.25) is 0 Å². The van der Waals surface area contributed by atoms with Crippen LogP contribution in [-0.2, 0) is 20.7 Å². The Morgan fingerprint density at radius 1 is 0.884 bits per heavy atom. The Morgan fingerprint density at radius 2 is 1.56 bits per heavy atom. The normalized spacial score (nSPS) is 12.5. The molecule has 0 aliphatic heterocycles. The Kier molecular flexibility index (Phi) is 9.52. The van der Waals surface area contributed by atoms with Gasteiger partial charge < -0.3 is 15.4 Å². The van der Waals surface area contributed by atoms with Gasteiger partial charge in [-0.1, -0.05) is 90.8 Å². The molecule has 7 nitrogen and oxygen atoms in total. The minimum Gasteiger partial charge on any atom is -0.444 e. The third-order valence-corrected chi connectivity index (χ3v) is 6.89. The molecular weight excluding hydrogens is 538 g/mol. The number of rotatable bonds is 8. The summed E-state index contributed by atoms with van der Waals surface area (Å²) in [7, 11) is 0. The SMILES string of the molecule is C#CN(C(=O)C(Cc1ccccc1)NC(=O)OC(C)(C)C)C(C(=O)Nc1ccc2ccccc2c1)c1ccc(C)cc1C. The number of fused-ring (bicyclic) bond motifs is 1. The number of nitrogens with zero attached hydrogens (tertiary/aromatic N) is 1. The lowest BCUT2D eigenvalue weighted by Crippen LogP contribution is -2.51. The van der Waals surface area contributed by atoms with E-state index in [1.165, 1.54) is 0 Å². The third-order valence-electron chi connectivity index (χ3n) is 6.89. The number of alkyl carbamates (subject to hydrolysis) is 1. The van der Waals surface area contributed by atoms with Gasteiger partial charge in [0.05, 0.1) is 0 Å². The number of terminal acetylenes is 1. The first kappa shape index (κ1) is 30.9. The number of nitrogens with one attached hydrogen (secondary N) is 2. The summed E-state index contributed by atoms with van der Waals surface area (Å²) in [5.74, 6) is -1.10. The second-order valence-electron chi connectivity index (χ2n) is 11.5. The predicted molar refractivity (Wildman–Crippen MR) is 170 cm³/mol. The monoisotopic (exact) mass is 575 g/mol. The molecule has 0 heterocycles. The van der Waals surface area contributed by atoms with Crippen molar-refractivity contribution >= 4 is 34.4 Å². The summed E-state index contributed by atoms with van der Waals surface area (Å²) in [4.78, 5) is 42.2. The zero-order valence-corrected chi connectivity index (χ0v) is 25.2. The van der Waals surface area contributed by atoms with Crippen molar-refractivity contribution in [1.29, 1.82) is 0 Å². The summed E-state index contributed by atoms with van der Waals surface area (Å²) in [5, 5.41) is 7.65. The molecule has 0 radical (unpaired) electrons. The third kappa shape index (κ3) is 8.02. The van der Waals surface area contributed by atoms with Gasteiger partial charge in [-0.2, -0.15) is 0 Å². The Hall–Kier alpha value is -5.09. The smallest absolute Gasteiger partial charge is 0.408 e. The molecule has 220 valence electrons. The van der Waals surface area contributed by atoms with E-state index in [2.05, 4.69) is 16.7 Å². The molecule has 2 N–H and O–H groups in total. The highest BCUT2D eigenvalue weighted by Crippen LogP contribution is 2.28. The first-order chi connectivity index (χ1) is 20.4. The topological polar surface area (TPSA) is 87.7 Å². The first-order valence-corrected chi connectivity index (χ1v) is 14.1. The maximum atomic E-state index is 14.2. The first-order valence-electron chi connectivity index (χ1n) is 14.1. The minimum atomic E-state index is -1.18. The number of amides is 3. The van der Waals surface area contributed by atoms with Gasteiger partial charge in [-0.25, -0.2) is 4.79 Å². The highest BCUT2D eigenvalue weighted by Gasteiger charge is 2.37. The molecule has 0 aromatic heterocycles. The van der Waals surface area contributed by atoms with E-state index in [1.807, 2.05) is 98.8 Å². The van der Waals surface area contributed by atoms with Crippen LogP contribution in [0.5, 0.6) is 0 Å². The van der Waals surface area contributed by atoms with Crippen molar-refractivity contribution < 1.29 is 19.1 Å². The van der Waals surface area contributed by atoms with Gasteiger partial charge in [0.15, 0.2) is 0 Å². The quantitative estimate of drug-likeness (QED) is 0.181. The van der Waals surface area contributed by atoms with Crippen molar-refractivity contribution in [2.24, 2.45) is 0 Å². The molecule has 43 heavy (non-hydrogen) atoms. The number of hydrogen-bond acceptors (Lipinski definition) is 4. The molecule has 4 rings (SSSR count). The summed E-state index contributed by atoms with van der Waals surface area (Å²) in [5.41, 5.74) is 2.96. The zero-order valence-electron chi connectivity index (χ0n) is 25.2. The van der Waals surface area contributed by atoms with E-state index in [4.69, 9.17) is 11.2 Å². The molecule has 0 aliphatic carbocycles. The Balaban J connectivity index is 1.73. The van der Waals surface area contributed by atoms with Gasteiger partial charge in [0.1, 0.15) is 17.7 Å². The van der Waals surface area contributed by atoms with E-state index in [0.717, 1.165) is 32.4 Å². The maximum absolute atomic E-state index is 14.2. The Bertz CT molecular complexity index is 1670. The zero-order chi connectivity index (χ0) is 31.1. The summed E-state index contributed by atoms with van der Waals surface area (Å²) in [6, 6.07) is 28.5. The van der Waals surface area contributed by atoms with Gasteiger partial charge in [0.2, 0.25) is 0 Å². The van der Waals surface area contributed by atoms with Crippen molar-refractivity contribution in [3.63, 3.8) is 0 Å². The van der Waals surface area contributed by atoms with Gasteiger partial charge >= 0.3 is 6.09 Å². The molecule has 7 heteroatoms. The second kappa shape index (κ2) is 13.3. The number of anilines is 1. The van der Waals surface area contributed by atoms with Crippen LogP contribution in [0.25, 0.3) is 10.8 Å². The fraction of sp³-hybridized carbons (Fsp3) is 0.250. The molecule has 0 spiro atoms. The molecule has 0 bridgehead atoms. The van der Waals surface area contributed by atoms with Crippen molar-refractivity contribution in [3.8, 4) is 12.5 Å². The van der Waals surface area contributed by atoms with Crippen molar-refractivity contribution in [2.45, 2.75) is 58.7 Å². The van der Waals surface area contributed by atoms with Crippen LogP contribution in [-0.4, -0.2) is 34.5 Å². The van der Waals surface area contributed by atoms with Crippen LogP contribution in [0.15, 0.2) is 91.0 Å². The molecule has 2 atom stereocenters. The Morgan fingerprint density at radius 3 is 2.21 bits per heavy atom. The standard InChI is InChI=1S/C36H37N3O4/c1-7-39(34(41)31(22-26-13-9-8-10-14-26)38-35(42)43-36(4,5)6)32(30-20-17-24(2)21-25(30)3)33(40)37-29-19-18-27-15-11-12-16-28(27)23-29/h1,8-21,23,31-32H,22H2,2-6H3,(H,37,40)(H,38,42). The number of carbonyl (C=O) groups is 3. The number of carbonyl (C=O) groups excluding carboxylic acids is 3. The lowest BCUT2D eigenvalue weighted by atomic mass is 9.96. The molecule has 0 saturated heterocycles. The number of aryl methyl sites for hydroxylation is 2. The summed E-state index contributed by atoms with van der Waals surface area (Å²) in [6.45, 7) is 9.04. The van der Waals surface area contributed by atoms with Crippen molar-refractivity contribution in [2.75, 3.05) is 5.32 Å². The van der Waals surface area contributed by atoms with E-state index >= 15 is 0 Å². The van der Waals surface area contributed by atoms with Crippen LogP contribution in [0.4, 0.5) is 10.5 Å². The lowest BCUT2D eigenvalue weighted by molar-refractivity contribution is -0.136. The van der Waals surface area contributed by atoms with Gasteiger partial charge in [-0.05, 0) is 74.2 Å². The van der Waals surface area contributed by atoms with E-state index in [9.17, 15) is 14.4 Å². The maximum Gasteiger partial charge on any atom is 0.408 e. The van der Waals surface area contributed by atoms with Gasteiger partial charge in [0, 0.05) is 18.2 Å². The molecule has 0 fully saturated rings. The van der Waals surface area contributed by atoms with Crippen molar-refractivity contribution in [3.05, 3.63) is 113 Å². The number of benzene rings is 4. The largest absolute Gasteiger partial charge is 0.444 e. The van der Waals surface area contributed by atoms with Crippen LogP contribution in [0.1, 0.15) is 49.1 Å². The molecule has 0 saturated carbocycles. The van der Waals surface area contributed by atoms with E-state index in [0.29, 0.717) is 11.3 Å². The molecule has 4 aromatic carbocycles. The summed E-state index contributed by atoms with van der Waals surface area (Å²) < 4.78 is 5.46. The highest BCUT2D eigenvalue weighted by molar-refractivity contribution is 6.01. The number of ether oxygens (including phenoxy) is 1. The van der Waals surface area contributed by atoms with Crippen LogP contribution < -0.4 is 10.6 Å². The average molecular weight is 576 g/mol. The fourth-order valence-electron chi connectivity index (χ4n) is 4.94. The number of hydrogen-bond donors (Lipinski definition) is 2. The van der Waals surface area contributed by atoms with Crippen molar-refractivity contribution in [1.82, 2.24) is 10.2 Å². The lowest BCUT2D eigenvalue weighted by Gasteiger charge is -2.31. The van der Waals surface area contributed by atoms with E-state index in [1.54, 1.807) is 26.8 Å². The molecule has 2 unspecified atom stereocenters. The van der Waals surface area contributed by atoms with Gasteiger partial charge in [-0.15, -0.1) is 0 Å². The minimum absolute atomic E-state index is 0.142. The molecule has 0 aliphatic rings. The van der Waals surface area contributed by atoms with Crippen LogP contribution in [0, 0.1) is 26.3 Å². The van der Waals surface area contributed by atoms with E-state index < -0.39 is 35.6 Å². The molecule has 4 aromatic rings. The predicted octanol–water partition coefficient (Wildman–Crippen LogP) is 6.69. The Labute approximate surface area is 253 Å². The molecular formula is C36H37N3O4. The average Bonchev–Trinajstić information content (AvgIpc) is 2.95. The van der Waals surface area contributed by atoms with Crippen LogP contribution in [0.3, 0.4) is 0 Å². The highest BCUT2D eigenvalue weighted by atomic mass is 16.6. The second-order valence-corrected chi connectivity index (χ2v) is 11.5. The summed E-state index contributed by atoms with van der Waals surface area (Å²) in [6.07, 6.45) is 5.37.